The minimum Gasteiger partial charge on any atom is -0.383 e. The molecular formula is C38H36N18O. The van der Waals surface area contributed by atoms with Gasteiger partial charge >= 0.3 is 0 Å². The second-order valence-electron chi connectivity index (χ2n) is 13.1. The summed E-state index contributed by atoms with van der Waals surface area (Å²) in [4.78, 5) is 53.6. The second kappa shape index (κ2) is 15.7. The number of primary amides is 1. The summed E-state index contributed by atoms with van der Waals surface area (Å²) >= 11 is 0. The summed E-state index contributed by atoms with van der Waals surface area (Å²) in [7, 11) is 0. The van der Waals surface area contributed by atoms with Gasteiger partial charge in [-0.25, -0.2) is 29.9 Å². The van der Waals surface area contributed by atoms with E-state index >= 15 is 0 Å². The summed E-state index contributed by atoms with van der Waals surface area (Å²) < 4.78 is 4.32. The van der Waals surface area contributed by atoms with E-state index in [2.05, 4.69) is 110 Å². The van der Waals surface area contributed by atoms with Gasteiger partial charge in [-0.3, -0.25) is 25.4 Å². The molecule has 1 amide bonds. The molecule has 8 heterocycles. The van der Waals surface area contributed by atoms with Crippen molar-refractivity contribution in [2.45, 2.75) is 39.8 Å². The first-order valence-corrected chi connectivity index (χ1v) is 17.6. The number of nitriles is 1. The Labute approximate surface area is 325 Å². The Balaban J connectivity index is 0.000000174. The van der Waals surface area contributed by atoms with Gasteiger partial charge in [0.05, 0.1) is 46.6 Å². The van der Waals surface area contributed by atoms with Crippen molar-refractivity contribution in [1.82, 2.24) is 59.0 Å². The van der Waals surface area contributed by atoms with E-state index in [-0.39, 0.29) is 46.7 Å². The quantitative estimate of drug-likeness (QED) is 0.124. The molecular weight excluding hydrogens is 725 g/mol. The molecule has 0 saturated carbocycles. The fourth-order valence-corrected chi connectivity index (χ4v) is 5.98. The van der Waals surface area contributed by atoms with Crippen LogP contribution in [0.25, 0.3) is 44.3 Å². The highest BCUT2D eigenvalue weighted by Crippen LogP contribution is 2.33. The molecule has 0 spiro atoms. The molecule has 0 bridgehead atoms. The van der Waals surface area contributed by atoms with E-state index in [9.17, 15) is 4.79 Å². The van der Waals surface area contributed by atoms with Crippen molar-refractivity contribution in [2.24, 2.45) is 5.73 Å². The van der Waals surface area contributed by atoms with Gasteiger partial charge in [-0.2, -0.15) is 15.2 Å². The van der Waals surface area contributed by atoms with E-state index in [4.69, 9.17) is 22.5 Å². The average Bonchev–Trinajstić information content (AvgIpc) is 3.79. The predicted octanol–water partition coefficient (Wildman–Crippen LogP) is 5.35. The summed E-state index contributed by atoms with van der Waals surface area (Å²) in [5.41, 5.74) is 22.5. The molecule has 8 rings (SSSR count). The van der Waals surface area contributed by atoms with Crippen molar-refractivity contribution in [3.63, 3.8) is 0 Å². The highest BCUT2D eigenvalue weighted by Gasteiger charge is 2.17. The number of nitrogens with one attached hydrogen (secondary N) is 2. The lowest BCUT2D eigenvalue weighted by atomic mass is 10.1. The summed E-state index contributed by atoms with van der Waals surface area (Å²) in [6.07, 6.45) is 17.3. The molecule has 19 heteroatoms. The van der Waals surface area contributed by atoms with Crippen LogP contribution in [-0.2, 0) is 0 Å². The first-order valence-electron chi connectivity index (χ1n) is 17.6. The molecule has 0 aliphatic rings. The molecule has 0 aromatic carbocycles. The molecule has 0 aliphatic heterocycles. The molecule has 0 radical (unpaired) electrons. The third-order valence-corrected chi connectivity index (χ3v) is 8.72. The molecule has 8 aromatic rings. The third kappa shape index (κ3) is 7.76. The van der Waals surface area contributed by atoms with Gasteiger partial charge in [0.25, 0.3) is 5.91 Å². The van der Waals surface area contributed by atoms with E-state index in [1.807, 2.05) is 42.7 Å². The number of nitrogen functional groups attached to an aromatic ring is 2. The van der Waals surface area contributed by atoms with Gasteiger partial charge in [0.1, 0.15) is 23.3 Å². The maximum Gasteiger partial charge on any atom is 0.254 e. The van der Waals surface area contributed by atoms with Crippen LogP contribution in [-0.4, -0.2) is 64.9 Å². The minimum absolute atomic E-state index is 0.0151. The van der Waals surface area contributed by atoms with E-state index < -0.39 is 5.91 Å². The van der Waals surface area contributed by atoms with E-state index in [0.717, 1.165) is 44.3 Å². The summed E-state index contributed by atoms with van der Waals surface area (Å²) in [5, 5.41) is 16.9. The number of carbonyl (C=O) groups is 1. The summed E-state index contributed by atoms with van der Waals surface area (Å²) in [5.74, 6) is 0.418. The Morgan fingerprint density at radius 2 is 1.12 bits per heavy atom. The van der Waals surface area contributed by atoms with Gasteiger partial charge < -0.3 is 26.3 Å². The molecule has 0 unspecified atom stereocenters. The van der Waals surface area contributed by atoms with Crippen LogP contribution in [0, 0.1) is 11.3 Å². The van der Waals surface area contributed by atoms with E-state index in [0.29, 0.717) is 11.9 Å². The molecule has 284 valence electrons. The molecule has 8 aromatic heterocycles. The number of aromatic nitrogens is 12. The van der Waals surface area contributed by atoms with Crippen LogP contribution in [0.4, 0.5) is 35.4 Å². The second-order valence-corrected chi connectivity index (χ2v) is 13.1. The Bertz CT molecular complexity index is 2800. The highest BCUT2D eigenvalue weighted by molar-refractivity contribution is 5.97. The van der Waals surface area contributed by atoms with Crippen molar-refractivity contribution < 1.29 is 4.79 Å². The van der Waals surface area contributed by atoms with Crippen LogP contribution < -0.4 is 27.8 Å². The van der Waals surface area contributed by atoms with Crippen LogP contribution in [0.5, 0.6) is 0 Å². The smallest absolute Gasteiger partial charge is 0.254 e. The number of carbonyl (C=O) groups excluding carboxylic acids is 1. The maximum atomic E-state index is 11.3. The molecule has 0 fully saturated rings. The van der Waals surface area contributed by atoms with Crippen LogP contribution in [0.1, 0.15) is 55.7 Å². The van der Waals surface area contributed by atoms with Gasteiger partial charge in [0, 0.05) is 77.4 Å². The number of nitrogens with two attached hydrogens (primary N) is 3. The topological polar surface area (TPSA) is 282 Å². The number of anilines is 6. The van der Waals surface area contributed by atoms with Crippen molar-refractivity contribution in [2.75, 3.05) is 22.1 Å². The van der Waals surface area contributed by atoms with Crippen molar-refractivity contribution in [1.29, 1.82) is 5.26 Å². The molecule has 19 nitrogen and oxygen atoms in total. The third-order valence-electron chi connectivity index (χ3n) is 8.72. The lowest BCUT2D eigenvalue weighted by Crippen LogP contribution is -2.16. The summed E-state index contributed by atoms with van der Waals surface area (Å²) in [6.45, 7) is 8.47. The van der Waals surface area contributed by atoms with Crippen LogP contribution in [0.15, 0.2) is 86.2 Å². The number of rotatable bonds is 9. The standard InChI is InChI=1S/C19H19N9O.C19H17N9/c1-10(2)28-9-13(11-3-5-22-8-15(11)28)14-4-6-23-18(25-14)27-19-24-7-12(17(21)29)16(20)26-19;1-11(2)28-10-14(13-3-5-22-9-16(13)28)15-4-6-23-18(25-15)27-19-24-8-12(7-20)17(21)26-19/h3-10H,1-2H3,(H2,21,29)(H3,20,23,24,25,26,27);3-6,8-11H,1-2H3,(H3,21,23,24,25,26,27). The number of pyridine rings is 2. The Kier molecular flexibility index (Phi) is 10.2. The van der Waals surface area contributed by atoms with Gasteiger partial charge in [0.2, 0.25) is 23.8 Å². The van der Waals surface area contributed by atoms with Crippen molar-refractivity contribution >= 4 is 63.1 Å². The van der Waals surface area contributed by atoms with Crippen LogP contribution >= 0.6 is 0 Å². The fourth-order valence-electron chi connectivity index (χ4n) is 5.98. The molecule has 0 aliphatic carbocycles. The SMILES string of the molecule is CC(C)n1cc(-c2ccnc(Nc3ncc(C#N)c(N)n3)n2)c2ccncc21.CC(C)n1cc(-c2ccnc(Nc3ncc(C(N)=O)c(N)n3)n2)c2ccncc21. The maximum absolute atomic E-state index is 11.3. The number of hydrogen-bond donors (Lipinski definition) is 5. The highest BCUT2D eigenvalue weighted by atomic mass is 16.1. The van der Waals surface area contributed by atoms with Gasteiger partial charge in [-0.05, 0) is 52.0 Å². The normalized spacial score (nSPS) is 11.0. The lowest BCUT2D eigenvalue weighted by Gasteiger charge is -2.08. The van der Waals surface area contributed by atoms with Gasteiger partial charge in [-0.1, -0.05) is 0 Å². The molecule has 8 N–H and O–H groups in total. The fraction of sp³-hybridized carbons (Fsp3) is 0.158. The first kappa shape index (κ1) is 37.2. The number of hydrogen-bond acceptors (Lipinski definition) is 16. The largest absolute Gasteiger partial charge is 0.383 e. The summed E-state index contributed by atoms with van der Waals surface area (Å²) in [6, 6.07) is 10.1. The molecule has 0 saturated heterocycles. The van der Waals surface area contributed by atoms with Crippen molar-refractivity contribution in [3.05, 3.63) is 97.4 Å². The van der Waals surface area contributed by atoms with Gasteiger partial charge in [-0.15, -0.1) is 0 Å². The van der Waals surface area contributed by atoms with Crippen LogP contribution in [0.2, 0.25) is 0 Å². The Morgan fingerprint density at radius 3 is 1.56 bits per heavy atom. The minimum atomic E-state index is -0.691. The van der Waals surface area contributed by atoms with Crippen LogP contribution in [0.3, 0.4) is 0 Å². The van der Waals surface area contributed by atoms with Crippen molar-refractivity contribution in [3.8, 4) is 28.6 Å². The number of fused-ring (bicyclic) bond motifs is 2. The zero-order valence-corrected chi connectivity index (χ0v) is 31.2. The lowest BCUT2D eigenvalue weighted by molar-refractivity contribution is 0.100. The Hall–Kier alpha value is -8.14. The van der Waals surface area contributed by atoms with Gasteiger partial charge in [0.15, 0.2) is 0 Å². The molecule has 0 atom stereocenters. The number of nitrogens with zero attached hydrogens (tertiary/aromatic N) is 13. The predicted molar refractivity (Wildman–Crippen MR) is 215 cm³/mol. The first-order chi connectivity index (χ1) is 27.5. The molecule has 57 heavy (non-hydrogen) atoms. The van der Waals surface area contributed by atoms with E-state index in [1.165, 1.54) is 12.4 Å². The van der Waals surface area contributed by atoms with E-state index in [1.54, 1.807) is 24.8 Å². The zero-order chi connectivity index (χ0) is 40.2. The average molecular weight is 761 g/mol. The Morgan fingerprint density at radius 1 is 0.649 bits per heavy atom. The zero-order valence-electron chi connectivity index (χ0n) is 31.2. The number of amides is 1. The monoisotopic (exact) mass is 760 g/mol.